The first-order chi connectivity index (χ1) is 11.6. The predicted octanol–water partition coefficient (Wildman–Crippen LogP) is 4.40. The first-order valence-corrected chi connectivity index (χ1v) is 8.59. The zero-order chi connectivity index (χ0) is 16.9. The predicted molar refractivity (Wildman–Crippen MR) is 95.0 cm³/mol. The molecular formula is C17H16ClN3O2S. The molecule has 7 heteroatoms. The van der Waals surface area contributed by atoms with E-state index in [1.54, 1.807) is 29.5 Å². The van der Waals surface area contributed by atoms with Crippen LogP contribution in [0.5, 0.6) is 0 Å². The number of nitrogens with one attached hydrogen (secondary N) is 1. The summed E-state index contributed by atoms with van der Waals surface area (Å²) in [5.41, 5.74) is 1.70. The Morgan fingerprint density at radius 3 is 2.83 bits per heavy atom. The van der Waals surface area contributed by atoms with E-state index in [1.165, 1.54) is 0 Å². The van der Waals surface area contributed by atoms with Gasteiger partial charge in [0, 0.05) is 18.6 Å². The monoisotopic (exact) mass is 361 g/mol. The van der Waals surface area contributed by atoms with E-state index >= 15 is 0 Å². The summed E-state index contributed by atoms with van der Waals surface area (Å²) >= 11 is 7.42. The van der Waals surface area contributed by atoms with E-state index in [4.69, 9.17) is 16.0 Å². The zero-order valence-corrected chi connectivity index (χ0v) is 14.6. The number of aromatic nitrogens is 1. The Labute approximate surface area is 148 Å². The lowest BCUT2D eigenvalue weighted by Crippen LogP contribution is -2.36. The quantitative estimate of drug-likeness (QED) is 0.732. The SMILES string of the molecule is CN(Cc1ccc(Cl)cc1)C(=O)NCc1coc(-c2cccs2)n1. The highest BCUT2D eigenvalue weighted by molar-refractivity contribution is 7.13. The Kier molecular flexibility index (Phi) is 5.17. The van der Waals surface area contributed by atoms with Crippen molar-refractivity contribution < 1.29 is 9.21 Å². The Bertz CT molecular complexity index is 800. The average molecular weight is 362 g/mol. The van der Waals surface area contributed by atoms with Gasteiger partial charge in [0.2, 0.25) is 5.89 Å². The summed E-state index contributed by atoms with van der Waals surface area (Å²) in [6.07, 6.45) is 1.56. The van der Waals surface area contributed by atoms with Gasteiger partial charge in [0.05, 0.1) is 17.1 Å². The van der Waals surface area contributed by atoms with Gasteiger partial charge in [-0.25, -0.2) is 9.78 Å². The third-order valence-electron chi connectivity index (χ3n) is 3.38. The maximum atomic E-state index is 12.2. The van der Waals surface area contributed by atoms with Gasteiger partial charge in [-0.3, -0.25) is 0 Å². The van der Waals surface area contributed by atoms with Gasteiger partial charge < -0.3 is 14.6 Å². The highest BCUT2D eigenvalue weighted by atomic mass is 35.5. The second kappa shape index (κ2) is 7.51. The number of thiophene rings is 1. The van der Waals surface area contributed by atoms with Crippen molar-refractivity contribution in [1.82, 2.24) is 15.2 Å². The molecule has 0 radical (unpaired) electrons. The summed E-state index contributed by atoms with van der Waals surface area (Å²) < 4.78 is 5.43. The molecule has 0 saturated carbocycles. The lowest BCUT2D eigenvalue weighted by molar-refractivity contribution is 0.206. The van der Waals surface area contributed by atoms with E-state index in [0.717, 1.165) is 10.4 Å². The van der Waals surface area contributed by atoms with Crippen LogP contribution in [0.2, 0.25) is 5.02 Å². The highest BCUT2D eigenvalue weighted by Crippen LogP contribution is 2.23. The number of rotatable bonds is 5. The molecule has 0 aliphatic heterocycles. The van der Waals surface area contributed by atoms with E-state index in [-0.39, 0.29) is 6.03 Å². The molecule has 0 unspecified atom stereocenters. The topological polar surface area (TPSA) is 58.4 Å². The molecule has 0 saturated heterocycles. The van der Waals surface area contributed by atoms with Crippen LogP contribution >= 0.6 is 22.9 Å². The molecule has 0 fully saturated rings. The second-order valence-electron chi connectivity index (χ2n) is 5.26. The molecule has 0 aliphatic rings. The molecular weight excluding hydrogens is 346 g/mol. The van der Waals surface area contributed by atoms with Crippen molar-refractivity contribution >= 4 is 29.0 Å². The van der Waals surface area contributed by atoms with Crippen LogP contribution in [0.3, 0.4) is 0 Å². The van der Waals surface area contributed by atoms with Crippen LogP contribution in [0.4, 0.5) is 4.79 Å². The summed E-state index contributed by atoms with van der Waals surface area (Å²) in [5, 5.41) is 5.47. The molecule has 1 aromatic carbocycles. The Balaban J connectivity index is 1.52. The van der Waals surface area contributed by atoms with Gasteiger partial charge in [0.1, 0.15) is 6.26 Å². The fourth-order valence-electron chi connectivity index (χ4n) is 2.14. The van der Waals surface area contributed by atoms with Gasteiger partial charge in [0.15, 0.2) is 0 Å². The molecule has 2 amide bonds. The van der Waals surface area contributed by atoms with E-state index in [1.807, 2.05) is 41.8 Å². The van der Waals surface area contributed by atoms with Crippen molar-refractivity contribution in [2.45, 2.75) is 13.1 Å². The maximum absolute atomic E-state index is 12.2. The normalized spacial score (nSPS) is 10.6. The van der Waals surface area contributed by atoms with Gasteiger partial charge in [-0.2, -0.15) is 0 Å². The first-order valence-electron chi connectivity index (χ1n) is 7.33. The molecule has 2 heterocycles. The molecule has 0 spiro atoms. The smallest absolute Gasteiger partial charge is 0.317 e. The van der Waals surface area contributed by atoms with Crippen molar-refractivity contribution in [2.24, 2.45) is 0 Å². The number of amides is 2. The fraction of sp³-hybridized carbons (Fsp3) is 0.176. The molecule has 5 nitrogen and oxygen atoms in total. The lowest BCUT2D eigenvalue weighted by atomic mass is 10.2. The largest absolute Gasteiger partial charge is 0.443 e. The average Bonchev–Trinajstić information content (AvgIpc) is 3.25. The van der Waals surface area contributed by atoms with Crippen molar-refractivity contribution in [3.8, 4) is 10.8 Å². The zero-order valence-electron chi connectivity index (χ0n) is 13.0. The third-order valence-corrected chi connectivity index (χ3v) is 4.49. The number of benzene rings is 1. The van der Waals surface area contributed by atoms with Crippen LogP contribution in [-0.4, -0.2) is 23.0 Å². The van der Waals surface area contributed by atoms with Crippen LogP contribution in [0.25, 0.3) is 10.8 Å². The van der Waals surface area contributed by atoms with Gasteiger partial charge in [-0.1, -0.05) is 29.8 Å². The second-order valence-corrected chi connectivity index (χ2v) is 6.65. The Morgan fingerprint density at radius 1 is 1.33 bits per heavy atom. The number of nitrogens with zero attached hydrogens (tertiary/aromatic N) is 2. The number of urea groups is 1. The van der Waals surface area contributed by atoms with Crippen molar-refractivity contribution in [3.63, 3.8) is 0 Å². The molecule has 24 heavy (non-hydrogen) atoms. The Hall–Kier alpha value is -2.31. The number of carbonyl (C=O) groups is 1. The van der Waals surface area contributed by atoms with Gasteiger partial charge in [-0.15, -0.1) is 11.3 Å². The van der Waals surface area contributed by atoms with Gasteiger partial charge in [0.25, 0.3) is 0 Å². The Morgan fingerprint density at radius 2 is 2.12 bits per heavy atom. The van der Waals surface area contributed by atoms with E-state index < -0.39 is 0 Å². The van der Waals surface area contributed by atoms with Crippen molar-refractivity contribution in [1.29, 1.82) is 0 Å². The maximum Gasteiger partial charge on any atom is 0.317 e. The van der Waals surface area contributed by atoms with Crippen molar-refractivity contribution in [2.75, 3.05) is 7.05 Å². The number of oxazole rings is 1. The standard InChI is InChI=1S/C17H16ClN3O2S/c1-21(10-12-4-6-13(18)7-5-12)17(22)19-9-14-11-23-16(20-14)15-3-2-8-24-15/h2-8,11H,9-10H2,1H3,(H,19,22). The lowest BCUT2D eigenvalue weighted by Gasteiger charge is -2.17. The van der Waals surface area contributed by atoms with E-state index in [9.17, 15) is 4.79 Å². The fourth-order valence-corrected chi connectivity index (χ4v) is 2.92. The van der Waals surface area contributed by atoms with Crippen molar-refractivity contribution in [3.05, 3.63) is 64.3 Å². The minimum Gasteiger partial charge on any atom is -0.443 e. The molecule has 1 N–H and O–H groups in total. The number of hydrogen-bond acceptors (Lipinski definition) is 4. The molecule has 0 bridgehead atoms. The number of hydrogen-bond donors (Lipinski definition) is 1. The molecule has 124 valence electrons. The highest BCUT2D eigenvalue weighted by Gasteiger charge is 2.11. The van der Waals surface area contributed by atoms with Crippen LogP contribution in [0, 0.1) is 0 Å². The number of halogens is 1. The summed E-state index contributed by atoms with van der Waals surface area (Å²) in [6.45, 7) is 0.820. The third kappa shape index (κ3) is 4.15. The molecule has 0 aliphatic carbocycles. The molecule has 2 aromatic heterocycles. The van der Waals surface area contributed by atoms with E-state index in [0.29, 0.717) is 29.7 Å². The van der Waals surface area contributed by atoms with Gasteiger partial charge in [-0.05, 0) is 29.1 Å². The van der Waals surface area contributed by atoms with Crippen LogP contribution in [0.1, 0.15) is 11.3 Å². The van der Waals surface area contributed by atoms with Crippen LogP contribution in [-0.2, 0) is 13.1 Å². The molecule has 3 rings (SSSR count). The van der Waals surface area contributed by atoms with Crippen LogP contribution < -0.4 is 5.32 Å². The minimum absolute atomic E-state index is 0.175. The summed E-state index contributed by atoms with van der Waals surface area (Å²) in [5.74, 6) is 0.573. The van der Waals surface area contributed by atoms with Crippen LogP contribution in [0.15, 0.2) is 52.5 Å². The van der Waals surface area contributed by atoms with E-state index in [2.05, 4.69) is 10.3 Å². The summed E-state index contributed by atoms with van der Waals surface area (Å²) in [6, 6.07) is 11.1. The summed E-state index contributed by atoms with van der Waals surface area (Å²) in [4.78, 5) is 19.1. The molecule has 0 atom stereocenters. The number of carbonyl (C=O) groups excluding carboxylic acids is 1. The van der Waals surface area contributed by atoms with Gasteiger partial charge >= 0.3 is 6.03 Å². The summed E-state index contributed by atoms with van der Waals surface area (Å²) in [7, 11) is 1.74. The first kappa shape index (κ1) is 16.5. The minimum atomic E-state index is -0.175. The molecule has 3 aromatic rings.